The standard InChI is InChI=1S/C24H29NO3/c26-21-15-24(28-23-7-2-1-6-20(21)23)10-12-25(13-11-24)16-22(27)19-9-8-17-4-3-5-18(17)14-19/h1-2,6-9,14,21-22,26-27H,3-5,10-13,15-16H2/t21-,22+/m1/s1. The smallest absolute Gasteiger partial charge is 0.125 e. The Hall–Kier alpha value is -1.88. The highest BCUT2D eigenvalue weighted by Gasteiger charge is 2.42. The quantitative estimate of drug-likeness (QED) is 0.856. The highest BCUT2D eigenvalue weighted by molar-refractivity contribution is 5.38. The van der Waals surface area contributed by atoms with Crippen LogP contribution in [0.3, 0.4) is 0 Å². The zero-order chi connectivity index (χ0) is 19.1. The van der Waals surface area contributed by atoms with E-state index in [0.717, 1.165) is 49.2 Å². The number of benzene rings is 2. The van der Waals surface area contributed by atoms with Crippen LogP contribution in [0.2, 0.25) is 0 Å². The molecule has 0 unspecified atom stereocenters. The summed E-state index contributed by atoms with van der Waals surface area (Å²) in [7, 11) is 0. The maximum absolute atomic E-state index is 10.8. The number of aliphatic hydroxyl groups excluding tert-OH is 2. The Bertz CT molecular complexity index is 857. The van der Waals surface area contributed by atoms with E-state index >= 15 is 0 Å². The second-order valence-electron chi connectivity index (χ2n) is 8.74. The van der Waals surface area contributed by atoms with Crippen LogP contribution in [0.4, 0.5) is 0 Å². The summed E-state index contributed by atoms with van der Waals surface area (Å²) in [5.74, 6) is 0.827. The number of β-amino-alcohol motifs (C(OH)–C–C–N with tert-alkyl or cyclic N) is 1. The number of nitrogens with zero attached hydrogens (tertiary/aromatic N) is 1. The van der Waals surface area contributed by atoms with Crippen molar-refractivity contribution in [1.29, 1.82) is 0 Å². The summed E-state index contributed by atoms with van der Waals surface area (Å²) >= 11 is 0. The SMILES string of the molecule is O[C@@H]1CC2(CCN(C[C@H](O)c3ccc4c(c3)CCC4)CC2)Oc2ccccc21. The number of aliphatic hydroxyl groups is 2. The Labute approximate surface area is 166 Å². The Morgan fingerprint density at radius 2 is 1.86 bits per heavy atom. The van der Waals surface area contributed by atoms with E-state index < -0.39 is 12.2 Å². The summed E-state index contributed by atoms with van der Waals surface area (Å²) in [6.45, 7) is 2.43. The molecule has 0 bridgehead atoms. The van der Waals surface area contributed by atoms with Crippen molar-refractivity contribution >= 4 is 0 Å². The number of fused-ring (bicyclic) bond motifs is 2. The van der Waals surface area contributed by atoms with Gasteiger partial charge in [0.2, 0.25) is 0 Å². The minimum atomic E-state index is -0.450. The van der Waals surface area contributed by atoms with Crippen LogP contribution in [0.1, 0.15) is 60.1 Å². The van der Waals surface area contributed by atoms with Crippen molar-refractivity contribution in [3.05, 3.63) is 64.7 Å². The zero-order valence-corrected chi connectivity index (χ0v) is 16.3. The van der Waals surface area contributed by atoms with Crippen LogP contribution in [-0.2, 0) is 12.8 Å². The molecular weight excluding hydrogens is 350 g/mol. The van der Waals surface area contributed by atoms with E-state index in [2.05, 4.69) is 23.1 Å². The van der Waals surface area contributed by atoms with Crippen molar-refractivity contribution in [2.24, 2.45) is 0 Å². The number of aryl methyl sites for hydroxylation is 2. The largest absolute Gasteiger partial charge is 0.487 e. The number of likely N-dealkylation sites (tertiary alicyclic amines) is 1. The predicted octanol–water partition coefficient (Wildman–Crippen LogP) is 3.56. The number of piperidine rings is 1. The lowest BCUT2D eigenvalue weighted by molar-refractivity contribution is -0.0587. The molecule has 1 fully saturated rings. The molecule has 0 radical (unpaired) electrons. The van der Waals surface area contributed by atoms with E-state index in [4.69, 9.17) is 4.74 Å². The molecule has 1 spiro atoms. The van der Waals surface area contributed by atoms with Gasteiger partial charge in [0.05, 0.1) is 12.2 Å². The molecule has 2 aromatic carbocycles. The van der Waals surface area contributed by atoms with Gasteiger partial charge in [-0.15, -0.1) is 0 Å². The molecule has 0 saturated carbocycles. The maximum atomic E-state index is 10.8. The molecule has 28 heavy (non-hydrogen) atoms. The monoisotopic (exact) mass is 379 g/mol. The van der Waals surface area contributed by atoms with Crippen LogP contribution in [0.15, 0.2) is 42.5 Å². The molecule has 2 aliphatic heterocycles. The van der Waals surface area contributed by atoms with Crippen LogP contribution < -0.4 is 4.74 Å². The highest BCUT2D eigenvalue weighted by atomic mass is 16.5. The van der Waals surface area contributed by atoms with Crippen LogP contribution in [-0.4, -0.2) is 40.3 Å². The number of hydrogen-bond acceptors (Lipinski definition) is 4. The van der Waals surface area contributed by atoms with Gasteiger partial charge in [0.15, 0.2) is 0 Å². The highest BCUT2D eigenvalue weighted by Crippen LogP contribution is 2.44. The second-order valence-corrected chi connectivity index (χ2v) is 8.74. The molecule has 3 aliphatic rings. The fourth-order valence-electron chi connectivity index (χ4n) is 5.18. The lowest BCUT2D eigenvalue weighted by atomic mass is 9.81. The average Bonchev–Trinajstić information content (AvgIpc) is 3.18. The second kappa shape index (κ2) is 7.18. The summed E-state index contributed by atoms with van der Waals surface area (Å²) in [5.41, 5.74) is 4.53. The first-order chi connectivity index (χ1) is 13.6. The lowest BCUT2D eigenvalue weighted by Crippen LogP contribution is -2.51. The molecule has 1 saturated heterocycles. The van der Waals surface area contributed by atoms with Gasteiger partial charge < -0.3 is 19.8 Å². The molecule has 0 aromatic heterocycles. The normalized spacial score (nSPS) is 24.4. The van der Waals surface area contributed by atoms with Crippen molar-refractivity contribution in [2.75, 3.05) is 19.6 Å². The Morgan fingerprint density at radius 1 is 1.07 bits per heavy atom. The first-order valence-electron chi connectivity index (χ1n) is 10.6. The van der Waals surface area contributed by atoms with E-state index in [-0.39, 0.29) is 5.60 Å². The number of rotatable bonds is 3. The van der Waals surface area contributed by atoms with Crippen molar-refractivity contribution in [3.8, 4) is 5.75 Å². The van der Waals surface area contributed by atoms with Crippen molar-refractivity contribution in [2.45, 2.75) is 56.3 Å². The summed E-state index contributed by atoms with van der Waals surface area (Å²) in [6.07, 6.45) is 5.08. The Morgan fingerprint density at radius 3 is 2.71 bits per heavy atom. The molecule has 2 heterocycles. The summed E-state index contributed by atoms with van der Waals surface area (Å²) in [4.78, 5) is 2.33. The maximum Gasteiger partial charge on any atom is 0.125 e. The third kappa shape index (κ3) is 3.34. The van der Waals surface area contributed by atoms with Gasteiger partial charge in [0.25, 0.3) is 0 Å². The van der Waals surface area contributed by atoms with E-state index in [0.29, 0.717) is 13.0 Å². The first kappa shape index (κ1) is 18.2. The zero-order valence-electron chi connectivity index (χ0n) is 16.3. The molecule has 148 valence electrons. The fraction of sp³-hybridized carbons (Fsp3) is 0.500. The number of ether oxygens (including phenoxy) is 1. The van der Waals surface area contributed by atoms with Crippen LogP contribution in [0.5, 0.6) is 5.75 Å². The van der Waals surface area contributed by atoms with Crippen molar-refractivity contribution < 1.29 is 14.9 Å². The predicted molar refractivity (Wildman–Crippen MR) is 108 cm³/mol. The Kier molecular flexibility index (Phi) is 4.66. The lowest BCUT2D eigenvalue weighted by Gasteiger charge is -2.46. The molecule has 2 N–H and O–H groups in total. The molecule has 0 amide bonds. The summed E-state index contributed by atoms with van der Waals surface area (Å²) in [5, 5.41) is 21.3. The fourth-order valence-corrected chi connectivity index (χ4v) is 5.18. The number of hydrogen-bond donors (Lipinski definition) is 2. The van der Waals surface area contributed by atoms with Crippen LogP contribution in [0, 0.1) is 0 Å². The first-order valence-corrected chi connectivity index (χ1v) is 10.6. The number of para-hydroxylation sites is 1. The van der Waals surface area contributed by atoms with Crippen molar-refractivity contribution in [1.82, 2.24) is 4.90 Å². The molecule has 1 aliphatic carbocycles. The molecule has 2 aromatic rings. The van der Waals surface area contributed by atoms with Crippen molar-refractivity contribution in [3.63, 3.8) is 0 Å². The van der Waals surface area contributed by atoms with Gasteiger partial charge in [0, 0.05) is 31.6 Å². The average molecular weight is 380 g/mol. The van der Waals surface area contributed by atoms with Gasteiger partial charge in [-0.05, 0) is 54.9 Å². The van der Waals surface area contributed by atoms with Gasteiger partial charge in [-0.25, -0.2) is 0 Å². The molecule has 2 atom stereocenters. The Balaban J connectivity index is 1.22. The van der Waals surface area contributed by atoms with Gasteiger partial charge in [-0.2, -0.15) is 0 Å². The van der Waals surface area contributed by atoms with E-state index in [1.165, 1.54) is 24.0 Å². The van der Waals surface area contributed by atoms with E-state index in [1.807, 2.05) is 24.3 Å². The molecule has 4 nitrogen and oxygen atoms in total. The summed E-state index contributed by atoms with van der Waals surface area (Å²) < 4.78 is 6.37. The minimum Gasteiger partial charge on any atom is -0.487 e. The van der Waals surface area contributed by atoms with Gasteiger partial charge >= 0.3 is 0 Å². The van der Waals surface area contributed by atoms with Gasteiger partial charge in [0.1, 0.15) is 11.4 Å². The van der Waals surface area contributed by atoms with Crippen LogP contribution in [0.25, 0.3) is 0 Å². The third-order valence-corrected chi connectivity index (χ3v) is 6.88. The van der Waals surface area contributed by atoms with Crippen LogP contribution >= 0.6 is 0 Å². The minimum absolute atomic E-state index is 0.275. The third-order valence-electron chi connectivity index (χ3n) is 6.88. The molecule has 5 rings (SSSR count). The summed E-state index contributed by atoms with van der Waals surface area (Å²) in [6, 6.07) is 14.3. The molecular formula is C24H29NO3. The van der Waals surface area contributed by atoms with E-state index in [1.54, 1.807) is 0 Å². The van der Waals surface area contributed by atoms with Gasteiger partial charge in [-0.1, -0.05) is 36.4 Å². The molecule has 4 heteroatoms. The topological polar surface area (TPSA) is 52.9 Å². The van der Waals surface area contributed by atoms with Gasteiger partial charge in [-0.3, -0.25) is 0 Å². The van der Waals surface area contributed by atoms with E-state index in [9.17, 15) is 10.2 Å².